The fourth-order valence-corrected chi connectivity index (χ4v) is 4.74. The van der Waals surface area contributed by atoms with E-state index < -0.39 is 0 Å². The Morgan fingerprint density at radius 2 is 2.00 bits per heavy atom. The SMILES string of the molecule is Cc1cc(C(=O)NCC2CCN(Cc3csc(C)n3)CC2)c2c(C)nn(C)c2n1. The van der Waals surface area contributed by atoms with Crippen molar-refractivity contribution in [3.63, 3.8) is 0 Å². The number of hydrogen-bond donors (Lipinski definition) is 1. The van der Waals surface area contributed by atoms with Crippen LogP contribution in [0.5, 0.6) is 0 Å². The molecule has 0 bridgehead atoms. The molecule has 0 unspecified atom stereocenters. The maximum atomic E-state index is 12.9. The molecule has 0 spiro atoms. The largest absolute Gasteiger partial charge is 0.352 e. The summed E-state index contributed by atoms with van der Waals surface area (Å²) in [5.74, 6) is 0.484. The first-order valence-electron chi connectivity index (χ1n) is 10.1. The fraction of sp³-hybridized carbons (Fsp3) is 0.524. The Bertz CT molecular complexity index is 1030. The van der Waals surface area contributed by atoms with Gasteiger partial charge < -0.3 is 5.32 Å². The zero-order valence-electron chi connectivity index (χ0n) is 17.5. The van der Waals surface area contributed by atoms with Gasteiger partial charge in [0.2, 0.25) is 0 Å². The smallest absolute Gasteiger partial charge is 0.252 e. The highest BCUT2D eigenvalue weighted by atomic mass is 32.1. The van der Waals surface area contributed by atoms with Crippen molar-refractivity contribution in [2.75, 3.05) is 19.6 Å². The highest BCUT2D eigenvalue weighted by Crippen LogP contribution is 2.23. The molecule has 7 nitrogen and oxygen atoms in total. The molecule has 0 aromatic carbocycles. The van der Waals surface area contributed by atoms with Crippen molar-refractivity contribution in [1.29, 1.82) is 0 Å². The van der Waals surface area contributed by atoms with E-state index >= 15 is 0 Å². The number of thiazole rings is 1. The lowest BCUT2D eigenvalue weighted by Crippen LogP contribution is -2.38. The van der Waals surface area contributed by atoms with E-state index in [0.717, 1.165) is 59.9 Å². The van der Waals surface area contributed by atoms with E-state index in [-0.39, 0.29) is 5.91 Å². The number of amides is 1. The summed E-state index contributed by atoms with van der Waals surface area (Å²) in [5, 5.41) is 11.7. The van der Waals surface area contributed by atoms with Crippen molar-refractivity contribution in [2.45, 2.75) is 40.2 Å². The van der Waals surface area contributed by atoms with Gasteiger partial charge in [-0.25, -0.2) is 9.97 Å². The number of fused-ring (bicyclic) bond motifs is 1. The van der Waals surface area contributed by atoms with Crippen LogP contribution in [0.1, 0.15) is 45.3 Å². The molecule has 4 heterocycles. The Balaban J connectivity index is 1.34. The number of nitrogens with zero attached hydrogens (tertiary/aromatic N) is 5. The number of pyridine rings is 1. The summed E-state index contributed by atoms with van der Waals surface area (Å²) in [7, 11) is 1.87. The van der Waals surface area contributed by atoms with Gasteiger partial charge in [0.05, 0.1) is 27.3 Å². The zero-order valence-corrected chi connectivity index (χ0v) is 18.3. The summed E-state index contributed by atoms with van der Waals surface area (Å²) in [6, 6.07) is 1.87. The average Bonchev–Trinajstić information content (AvgIpc) is 3.22. The molecule has 1 aliphatic rings. The van der Waals surface area contributed by atoms with E-state index in [2.05, 4.69) is 30.7 Å². The van der Waals surface area contributed by atoms with Crippen LogP contribution in [0.2, 0.25) is 0 Å². The molecule has 1 amide bonds. The highest BCUT2D eigenvalue weighted by Gasteiger charge is 2.22. The summed E-state index contributed by atoms with van der Waals surface area (Å²) >= 11 is 1.71. The number of piperidine rings is 1. The summed E-state index contributed by atoms with van der Waals surface area (Å²) < 4.78 is 1.74. The molecule has 29 heavy (non-hydrogen) atoms. The van der Waals surface area contributed by atoms with Gasteiger partial charge >= 0.3 is 0 Å². The van der Waals surface area contributed by atoms with Crippen LogP contribution in [0.4, 0.5) is 0 Å². The first kappa shape index (κ1) is 20.0. The van der Waals surface area contributed by atoms with Crippen LogP contribution in [0.25, 0.3) is 11.0 Å². The molecule has 1 aliphatic heterocycles. The van der Waals surface area contributed by atoms with Gasteiger partial charge in [0.15, 0.2) is 5.65 Å². The molecule has 8 heteroatoms. The molecule has 1 N–H and O–H groups in total. The molecular formula is C21H28N6OS. The van der Waals surface area contributed by atoms with Gasteiger partial charge in [0, 0.05) is 31.2 Å². The van der Waals surface area contributed by atoms with Crippen LogP contribution in [0, 0.1) is 26.7 Å². The molecule has 0 atom stereocenters. The number of carbonyl (C=O) groups is 1. The van der Waals surface area contributed by atoms with E-state index in [1.807, 2.05) is 33.9 Å². The van der Waals surface area contributed by atoms with Crippen molar-refractivity contribution >= 4 is 28.3 Å². The number of nitrogens with one attached hydrogen (secondary N) is 1. The molecule has 154 valence electrons. The number of aromatic nitrogens is 4. The quantitative estimate of drug-likeness (QED) is 0.697. The van der Waals surface area contributed by atoms with Crippen molar-refractivity contribution in [1.82, 2.24) is 30.0 Å². The minimum absolute atomic E-state index is 0.0306. The monoisotopic (exact) mass is 412 g/mol. The van der Waals surface area contributed by atoms with Crippen LogP contribution < -0.4 is 5.32 Å². The van der Waals surface area contributed by atoms with Gasteiger partial charge in [-0.2, -0.15) is 5.10 Å². The van der Waals surface area contributed by atoms with Gasteiger partial charge in [-0.1, -0.05) is 0 Å². The third-order valence-corrected chi connectivity index (χ3v) is 6.47. The first-order chi connectivity index (χ1) is 13.9. The van der Waals surface area contributed by atoms with Crippen LogP contribution in [-0.2, 0) is 13.6 Å². The maximum absolute atomic E-state index is 12.9. The summed E-state index contributed by atoms with van der Waals surface area (Å²) in [6.45, 7) is 9.64. The lowest BCUT2D eigenvalue weighted by Gasteiger charge is -2.31. The van der Waals surface area contributed by atoms with E-state index in [0.29, 0.717) is 18.0 Å². The van der Waals surface area contributed by atoms with Gasteiger partial charge in [-0.15, -0.1) is 11.3 Å². The van der Waals surface area contributed by atoms with Gasteiger partial charge in [0.25, 0.3) is 5.91 Å². The fourth-order valence-electron chi connectivity index (χ4n) is 4.14. The van der Waals surface area contributed by atoms with Crippen LogP contribution >= 0.6 is 11.3 Å². The van der Waals surface area contributed by atoms with Gasteiger partial charge in [-0.05, 0) is 58.7 Å². The Morgan fingerprint density at radius 3 is 2.69 bits per heavy atom. The van der Waals surface area contributed by atoms with Crippen LogP contribution in [0.3, 0.4) is 0 Å². The maximum Gasteiger partial charge on any atom is 0.252 e. The second kappa shape index (κ2) is 8.20. The van der Waals surface area contributed by atoms with Crippen LogP contribution in [-0.4, -0.2) is 50.2 Å². The Morgan fingerprint density at radius 1 is 1.24 bits per heavy atom. The highest BCUT2D eigenvalue weighted by molar-refractivity contribution is 7.09. The van der Waals surface area contributed by atoms with Crippen molar-refractivity contribution < 1.29 is 4.79 Å². The molecule has 3 aromatic rings. The minimum Gasteiger partial charge on any atom is -0.352 e. The molecule has 3 aromatic heterocycles. The van der Waals surface area contributed by atoms with E-state index in [9.17, 15) is 4.79 Å². The van der Waals surface area contributed by atoms with E-state index in [1.165, 1.54) is 5.69 Å². The second-order valence-corrected chi connectivity index (χ2v) is 9.07. The standard InChI is InChI=1S/C21H28N6OS/c1-13-9-18(19-14(2)25-26(4)20(19)23-13)21(28)22-10-16-5-7-27(8-6-16)11-17-12-29-15(3)24-17/h9,12,16H,5-8,10-11H2,1-4H3,(H,22,28). The number of aryl methyl sites for hydroxylation is 4. The summed E-state index contributed by atoms with van der Waals surface area (Å²) in [6.07, 6.45) is 2.19. The predicted octanol–water partition coefficient (Wildman–Crippen LogP) is 2.99. The van der Waals surface area contributed by atoms with Crippen molar-refractivity contribution in [3.8, 4) is 0 Å². The molecule has 0 saturated carbocycles. The normalized spacial score (nSPS) is 15.9. The average molecular weight is 413 g/mol. The molecule has 1 saturated heterocycles. The number of likely N-dealkylation sites (tertiary alicyclic amines) is 1. The Labute approximate surface area is 175 Å². The van der Waals surface area contributed by atoms with Crippen LogP contribution in [0.15, 0.2) is 11.4 Å². The third-order valence-electron chi connectivity index (χ3n) is 5.65. The van der Waals surface area contributed by atoms with E-state index in [4.69, 9.17) is 0 Å². The summed E-state index contributed by atoms with van der Waals surface area (Å²) in [5.41, 5.74) is 4.28. The lowest BCUT2D eigenvalue weighted by molar-refractivity contribution is 0.0936. The van der Waals surface area contributed by atoms with Gasteiger partial charge in [-0.3, -0.25) is 14.4 Å². The number of carbonyl (C=O) groups excluding carboxylic acids is 1. The van der Waals surface area contributed by atoms with Crippen molar-refractivity contribution in [2.24, 2.45) is 13.0 Å². The topological polar surface area (TPSA) is 75.9 Å². The predicted molar refractivity (Wildman–Crippen MR) is 115 cm³/mol. The zero-order chi connectivity index (χ0) is 20.5. The third kappa shape index (κ3) is 4.33. The minimum atomic E-state index is -0.0306. The number of hydrogen-bond acceptors (Lipinski definition) is 6. The summed E-state index contributed by atoms with van der Waals surface area (Å²) in [4.78, 5) is 24.5. The molecule has 1 fully saturated rings. The lowest BCUT2D eigenvalue weighted by atomic mass is 9.96. The molecular weight excluding hydrogens is 384 g/mol. The molecule has 0 radical (unpaired) electrons. The Hall–Kier alpha value is -2.32. The Kier molecular flexibility index (Phi) is 5.65. The second-order valence-electron chi connectivity index (χ2n) is 8.01. The van der Waals surface area contributed by atoms with Gasteiger partial charge in [0.1, 0.15) is 0 Å². The van der Waals surface area contributed by atoms with E-state index in [1.54, 1.807) is 16.0 Å². The number of rotatable bonds is 5. The van der Waals surface area contributed by atoms with Crippen molar-refractivity contribution in [3.05, 3.63) is 39.1 Å². The molecule has 4 rings (SSSR count). The first-order valence-corrected chi connectivity index (χ1v) is 11.0. The molecule has 0 aliphatic carbocycles.